The zero-order valence-corrected chi connectivity index (χ0v) is 3.80. The maximum atomic E-state index is 11.6. The van der Waals surface area contributed by atoms with Crippen LogP contribution in [0.2, 0.25) is 0 Å². The molecule has 0 saturated carbocycles. The van der Waals surface area contributed by atoms with Crippen LogP contribution in [0.4, 0.5) is 4.48 Å². The summed E-state index contributed by atoms with van der Waals surface area (Å²) in [6.07, 6.45) is 1.35. The Balaban J connectivity index is 3.04. The van der Waals surface area contributed by atoms with E-state index in [2.05, 4.69) is 10.2 Å². The highest BCUT2D eigenvalue weighted by Gasteiger charge is 1.87. The fourth-order valence-corrected chi connectivity index (χ4v) is 0.313. The van der Waals surface area contributed by atoms with Crippen LogP contribution in [0.15, 0.2) is 6.20 Å². The number of hydrogen-bond acceptors (Lipinski definition) is 2. The van der Waals surface area contributed by atoms with Crippen molar-refractivity contribution in [1.82, 2.24) is 15.2 Å². The van der Waals surface area contributed by atoms with Crippen LogP contribution in [0.1, 0.15) is 5.69 Å². The first kappa shape index (κ1) is 4.23. The van der Waals surface area contributed by atoms with Crippen molar-refractivity contribution in [3.63, 3.8) is 0 Å². The van der Waals surface area contributed by atoms with E-state index in [1.54, 1.807) is 6.92 Å². The Labute approximate surface area is 39.7 Å². The maximum absolute atomic E-state index is 11.6. The van der Waals surface area contributed by atoms with Crippen molar-refractivity contribution >= 4 is 0 Å². The molecule has 3 nitrogen and oxygen atoms in total. The van der Waals surface area contributed by atoms with Gasteiger partial charge in [-0.3, -0.25) is 0 Å². The molecule has 1 heterocycles. The van der Waals surface area contributed by atoms with Gasteiger partial charge in [0.05, 0.1) is 11.9 Å². The van der Waals surface area contributed by atoms with E-state index in [0.29, 0.717) is 5.69 Å². The molecule has 0 radical (unpaired) electrons. The molecule has 0 aromatic carbocycles. The van der Waals surface area contributed by atoms with Crippen LogP contribution >= 0.6 is 0 Å². The van der Waals surface area contributed by atoms with E-state index in [1.807, 2.05) is 0 Å². The van der Waals surface area contributed by atoms with Gasteiger partial charge in [0, 0.05) is 0 Å². The van der Waals surface area contributed by atoms with Gasteiger partial charge in [-0.1, -0.05) is 4.48 Å². The summed E-state index contributed by atoms with van der Waals surface area (Å²) in [7, 11) is 0. The van der Waals surface area contributed by atoms with Crippen molar-refractivity contribution < 1.29 is 4.48 Å². The summed E-state index contributed by atoms with van der Waals surface area (Å²) in [4.78, 5) is 0. The Morgan fingerprint density at radius 2 is 2.57 bits per heavy atom. The van der Waals surface area contributed by atoms with E-state index >= 15 is 0 Å². The summed E-state index contributed by atoms with van der Waals surface area (Å²) in [5.74, 6) is 0. The molecule has 0 amide bonds. The Bertz CT molecular complexity index is 142. The minimum atomic E-state index is 0.0370. The second kappa shape index (κ2) is 1.29. The summed E-state index contributed by atoms with van der Waals surface area (Å²) >= 11 is 0. The standard InChI is InChI=1S/C3H4FN3/c1-3-2-5-7(4)6-3/h2H,1H3. The lowest BCUT2D eigenvalue weighted by Crippen LogP contribution is -1.84. The van der Waals surface area contributed by atoms with E-state index in [0.717, 1.165) is 0 Å². The molecule has 38 valence electrons. The highest BCUT2D eigenvalue weighted by molar-refractivity contribution is 4.83. The molecule has 7 heavy (non-hydrogen) atoms. The van der Waals surface area contributed by atoms with Crippen molar-refractivity contribution in [2.24, 2.45) is 0 Å². The van der Waals surface area contributed by atoms with Gasteiger partial charge >= 0.3 is 0 Å². The number of rotatable bonds is 0. The van der Waals surface area contributed by atoms with Crippen LogP contribution in [0.5, 0.6) is 0 Å². The van der Waals surface area contributed by atoms with Gasteiger partial charge in [-0.05, 0) is 11.9 Å². The SMILES string of the molecule is Cc1cnn(F)n1. The maximum Gasteiger partial charge on any atom is 0.0826 e. The van der Waals surface area contributed by atoms with Gasteiger partial charge in [0.25, 0.3) is 0 Å². The third kappa shape index (κ3) is 0.734. The summed E-state index contributed by atoms with van der Waals surface area (Å²) in [5.41, 5.74) is 0.586. The number of aryl methyl sites for hydroxylation is 1. The van der Waals surface area contributed by atoms with Gasteiger partial charge in [-0.25, -0.2) is 0 Å². The van der Waals surface area contributed by atoms with Crippen molar-refractivity contribution in [1.29, 1.82) is 0 Å². The first-order valence-corrected chi connectivity index (χ1v) is 1.84. The van der Waals surface area contributed by atoms with E-state index in [-0.39, 0.29) is 5.02 Å². The molecule has 0 fully saturated rings. The molecular weight excluding hydrogens is 97.1 g/mol. The molecule has 1 aromatic rings. The molecule has 0 atom stereocenters. The van der Waals surface area contributed by atoms with Gasteiger partial charge < -0.3 is 0 Å². The molecule has 0 aliphatic carbocycles. The molecule has 0 aliphatic heterocycles. The fourth-order valence-electron chi connectivity index (χ4n) is 0.313. The second-order valence-electron chi connectivity index (χ2n) is 1.23. The van der Waals surface area contributed by atoms with Gasteiger partial charge in [-0.2, -0.15) is 0 Å². The normalized spacial score (nSPS) is 9.43. The van der Waals surface area contributed by atoms with Crippen LogP contribution in [-0.4, -0.2) is 15.2 Å². The highest BCUT2D eigenvalue weighted by Crippen LogP contribution is 1.83. The summed E-state index contributed by atoms with van der Waals surface area (Å²) in [6, 6.07) is 0. The predicted octanol–water partition coefficient (Wildman–Crippen LogP) is 0.319. The van der Waals surface area contributed by atoms with E-state index in [4.69, 9.17) is 0 Å². The smallest absolute Gasteiger partial charge is 0.0826 e. The Morgan fingerprint density at radius 3 is 2.71 bits per heavy atom. The van der Waals surface area contributed by atoms with Crippen molar-refractivity contribution in [3.05, 3.63) is 11.9 Å². The van der Waals surface area contributed by atoms with Crippen LogP contribution < -0.4 is 0 Å². The van der Waals surface area contributed by atoms with Gasteiger partial charge in [-0.15, -0.1) is 10.2 Å². The zero-order chi connectivity index (χ0) is 5.28. The quantitative estimate of drug-likeness (QED) is 0.471. The van der Waals surface area contributed by atoms with Crippen LogP contribution in [0.3, 0.4) is 0 Å². The predicted molar refractivity (Wildman–Crippen MR) is 21.3 cm³/mol. The molecule has 0 bridgehead atoms. The molecule has 4 heteroatoms. The van der Waals surface area contributed by atoms with Crippen molar-refractivity contribution in [3.8, 4) is 0 Å². The first-order valence-electron chi connectivity index (χ1n) is 1.84. The monoisotopic (exact) mass is 101 g/mol. The number of nitrogens with zero attached hydrogens (tertiary/aromatic N) is 3. The average molecular weight is 101 g/mol. The third-order valence-corrected chi connectivity index (χ3v) is 0.580. The Kier molecular flexibility index (Phi) is 0.780. The fraction of sp³-hybridized carbons (Fsp3) is 0.333. The van der Waals surface area contributed by atoms with E-state index < -0.39 is 0 Å². The number of hydrogen-bond donors (Lipinski definition) is 0. The molecular formula is C3H4FN3. The van der Waals surface area contributed by atoms with Crippen LogP contribution in [-0.2, 0) is 0 Å². The van der Waals surface area contributed by atoms with E-state index in [1.165, 1.54) is 6.20 Å². The van der Waals surface area contributed by atoms with E-state index in [9.17, 15) is 4.48 Å². The Morgan fingerprint density at radius 1 is 1.86 bits per heavy atom. The first-order chi connectivity index (χ1) is 3.29. The zero-order valence-electron chi connectivity index (χ0n) is 3.80. The van der Waals surface area contributed by atoms with Gasteiger partial charge in [0.1, 0.15) is 0 Å². The number of aromatic nitrogens is 3. The molecule has 0 spiro atoms. The highest BCUT2D eigenvalue weighted by atomic mass is 19.2. The number of halogens is 1. The lowest BCUT2D eigenvalue weighted by Gasteiger charge is -1.70. The average Bonchev–Trinajstić information content (AvgIpc) is 1.87. The molecule has 0 N–H and O–H groups in total. The summed E-state index contributed by atoms with van der Waals surface area (Å²) in [6.45, 7) is 1.67. The third-order valence-electron chi connectivity index (χ3n) is 0.580. The molecule has 0 saturated heterocycles. The molecule has 1 aromatic heterocycles. The van der Waals surface area contributed by atoms with Crippen LogP contribution in [0.25, 0.3) is 0 Å². The summed E-state index contributed by atoms with van der Waals surface area (Å²) in [5, 5.41) is 6.44. The largest absolute Gasteiger partial charge is 0.130 e. The second-order valence-corrected chi connectivity index (χ2v) is 1.23. The van der Waals surface area contributed by atoms with Crippen LogP contribution in [0, 0.1) is 6.92 Å². The lowest BCUT2D eigenvalue weighted by molar-refractivity contribution is 0.263. The lowest BCUT2D eigenvalue weighted by atomic mass is 10.6. The van der Waals surface area contributed by atoms with Crippen molar-refractivity contribution in [2.75, 3.05) is 0 Å². The molecule has 0 unspecified atom stereocenters. The topological polar surface area (TPSA) is 30.7 Å². The van der Waals surface area contributed by atoms with Crippen molar-refractivity contribution in [2.45, 2.75) is 6.92 Å². The minimum absolute atomic E-state index is 0.0370. The molecule has 0 aliphatic rings. The summed E-state index contributed by atoms with van der Waals surface area (Å²) < 4.78 is 11.6. The minimum Gasteiger partial charge on any atom is -0.130 e. The van der Waals surface area contributed by atoms with Gasteiger partial charge in [0.15, 0.2) is 0 Å². The Hall–Kier alpha value is -0.930. The van der Waals surface area contributed by atoms with Gasteiger partial charge in [0.2, 0.25) is 0 Å². The molecule has 1 rings (SSSR count).